The Morgan fingerprint density at radius 2 is 2.50 bits per heavy atom. The number of piperidine rings is 1. The summed E-state index contributed by atoms with van der Waals surface area (Å²) in [5.74, 6) is 0.493. The molecule has 1 aromatic heterocycles. The van der Waals surface area contributed by atoms with Crippen molar-refractivity contribution in [2.75, 3.05) is 20.2 Å². The van der Waals surface area contributed by atoms with Crippen LogP contribution in [0, 0.1) is 0 Å². The molecule has 1 aliphatic rings. The number of rotatable bonds is 4. The molecule has 1 amide bonds. The first-order chi connectivity index (χ1) is 8.79. The number of aromatic nitrogens is 1. The van der Waals surface area contributed by atoms with Gasteiger partial charge in [-0.15, -0.1) is 0 Å². The van der Waals surface area contributed by atoms with Crippen molar-refractivity contribution >= 4 is 5.91 Å². The molecule has 0 bridgehead atoms. The van der Waals surface area contributed by atoms with Gasteiger partial charge >= 0.3 is 0 Å². The molecule has 98 valence electrons. The van der Waals surface area contributed by atoms with Crippen LogP contribution >= 0.6 is 0 Å². The van der Waals surface area contributed by atoms with Crippen LogP contribution < -0.4 is 15.4 Å². The Labute approximate surface area is 107 Å². The molecule has 1 aromatic rings. The van der Waals surface area contributed by atoms with E-state index in [2.05, 4.69) is 15.6 Å². The molecule has 2 rings (SSSR count). The van der Waals surface area contributed by atoms with Crippen LogP contribution in [0.25, 0.3) is 0 Å². The minimum absolute atomic E-state index is 0.198. The van der Waals surface area contributed by atoms with Crippen molar-refractivity contribution in [3.63, 3.8) is 0 Å². The zero-order valence-electron chi connectivity index (χ0n) is 10.6. The Bertz CT molecular complexity index is 403. The van der Waals surface area contributed by atoms with Crippen LogP contribution in [0.4, 0.5) is 0 Å². The minimum atomic E-state index is -0.198. The van der Waals surface area contributed by atoms with E-state index in [1.165, 1.54) is 12.8 Å². The lowest BCUT2D eigenvalue weighted by Crippen LogP contribution is -2.38. The SMILES string of the molecule is CNC(=O)c1cc(OCC2CCCCN2)ccn1. The number of carbonyl (C=O) groups excluding carboxylic acids is 1. The lowest BCUT2D eigenvalue weighted by Gasteiger charge is -2.23. The number of nitrogens with one attached hydrogen (secondary N) is 2. The predicted molar refractivity (Wildman–Crippen MR) is 68.8 cm³/mol. The number of hydrogen-bond donors (Lipinski definition) is 2. The van der Waals surface area contributed by atoms with Crippen LogP contribution in [-0.4, -0.2) is 37.1 Å². The predicted octanol–water partition coefficient (Wildman–Crippen LogP) is 0.962. The van der Waals surface area contributed by atoms with Crippen LogP contribution in [0.2, 0.25) is 0 Å². The van der Waals surface area contributed by atoms with E-state index in [9.17, 15) is 4.79 Å². The molecule has 0 radical (unpaired) electrons. The van der Waals surface area contributed by atoms with E-state index in [1.807, 2.05) is 0 Å². The van der Waals surface area contributed by atoms with Gasteiger partial charge in [-0.25, -0.2) is 0 Å². The fourth-order valence-electron chi connectivity index (χ4n) is 2.02. The van der Waals surface area contributed by atoms with E-state index in [4.69, 9.17) is 4.74 Å². The zero-order chi connectivity index (χ0) is 12.8. The minimum Gasteiger partial charge on any atom is -0.492 e. The molecule has 1 saturated heterocycles. The van der Waals surface area contributed by atoms with Crippen molar-refractivity contribution in [1.29, 1.82) is 0 Å². The summed E-state index contributed by atoms with van der Waals surface area (Å²) < 4.78 is 5.70. The first-order valence-electron chi connectivity index (χ1n) is 6.34. The Morgan fingerprint density at radius 1 is 1.61 bits per heavy atom. The summed E-state index contributed by atoms with van der Waals surface area (Å²) in [6.45, 7) is 1.70. The Hall–Kier alpha value is -1.62. The summed E-state index contributed by atoms with van der Waals surface area (Å²) >= 11 is 0. The fourth-order valence-corrected chi connectivity index (χ4v) is 2.02. The first kappa shape index (κ1) is 12.8. The summed E-state index contributed by atoms with van der Waals surface area (Å²) in [6.07, 6.45) is 5.23. The van der Waals surface area contributed by atoms with Crippen LogP contribution in [0.1, 0.15) is 29.8 Å². The second kappa shape index (κ2) is 6.35. The molecule has 5 heteroatoms. The molecule has 1 unspecified atom stereocenters. The molecule has 1 aliphatic heterocycles. The van der Waals surface area contributed by atoms with Crippen molar-refractivity contribution < 1.29 is 9.53 Å². The molecule has 2 N–H and O–H groups in total. The smallest absolute Gasteiger partial charge is 0.269 e. The second-order valence-electron chi connectivity index (χ2n) is 4.41. The molecule has 18 heavy (non-hydrogen) atoms. The lowest BCUT2D eigenvalue weighted by molar-refractivity contribution is 0.0957. The van der Waals surface area contributed by atoms with Crippen LogP contribution in [0.15, 0.2) is 18.3 Å². The summed E-state index contributed by atoms with van der Waals surface area (Å²) in [5, 5.41) is 5.96. The summed E-state index contributed by atoms with van der Waals surface area (Å²) in [5.41, 5.74) is 0.381. The van der Waals surface area contributed by atoms with E-state index < -0.39 is 0 Å². The highest BCUT2D eigenvalue weighted by Crippen LogP contribution is 2.13. The van der Waals surface area contributed by atoms with Gasteiger partial charge in [0.25, 0.3) is 5.91 Å². The van der Waals surface area contributed by atoms with Gasteiger partial charge in [0.1, 0.15) is 18.1 Å². The monoisotopic (exact) mass is 249 g/mol. The third-order valence-corrected chi connectivity index (χ3v) is 3.05. The van der Waals surface area contributed by atoms with Gasteiger partial charge in [-0.1, -0.05) is 6.42 Å². The number of amides is 1. The van der Waals surface area contributed by atoms with Crippen LogP contribution in [-0.2, 0) is 0 Å². The third-order valence-electron chi connectivity index (χ3n) is 3.05. The highest BCUT2D eigenvalue weighted by Gasteiger charge is 2.13. The molecular formula is C13H19N3O2. The largest absolute Gasteiger partial charge is 0.492 e. The van der Waals surface area contributed by atoms with Gasteiger partial charge < -0.3 is 15.4 Å². The molecule has 0 aliphatic carbocycles. The Balaban J connectivity index is 1.90. The highest BCUT2D eigenvalue weighted by molar-refractivity contribution is 5.92. The molecule has 2 heterocycles. The van der Waals surface area contributed by atoms with Crippen molar-refractivity contribution in [3.05, 3.63) is 24.0 Å². The highest BCUT2D eigenvalue weighted by atomic mass is 16.5. The summed E-state index contributed by atoms with van der Waals surface area (Å²) in [4.78, 5) is 15.4. The number of pyridine rings is 1. The topological polar surface area (TPSA) is 63.2 Å². The van der Waals surface area contributed by atoms with Crippen LogP contribution in [0.5, 0.6) is 5.75 Å². The number of carbonyl (C=O) groups is 1. The van der Waals surface area contributed by atoms with Crippen LogP contribution in [0.3, 0.4) is 0 Å². The van der Waals surface area contributed by atoms with E-state index in [-0.39, 0.29) is 5.91 Å². The quantitative estimate of drug-likeness (QED) is 0.834. The summed E-state index contributed by atoms with van der Waals surface area (Å²) in [7, 11) is 1.59. The van der Waals surface area contributed by atoms with Crippen molar-refractivity contribution in [3.8, 4) is 5.75 Å². The molecule has 1 fully saturated rings. The average Bonchev–Trinajstić information content (AvgIpc) is 2.45. The van der Waals surface area contributed by atoms with E-state index in [1.54, 1.807) is 25.4 Å². The van der Waals surface area contributed by atoms with Gasteiger partial charge in [0, 0.05) is 25.4 Å². The van der Waals surface area contributed by atoms with Gasteiger partial charge in [-0.3, -0.25) is 9.78 Å². The number of nitrogens with zero attached hydrogens (tertiary/aromatic N) is 1. The van der Waals surface area contributed by atoms with Crippen molar-refractivity contribution in [2.45, 2.75) is 25.3 Å². The molecule has 0 aromatic carbocycles. The second-order valence-corrected chi connectivity index (χ2v) is 4.41. The van der Waals surface area contributed by atoms with Crippen molar-refractivity contribution in [2.24, 2.45) is 0 Å². The molecule has 0 spiro atoms. The Morgan fingerprint density at radius 3 is 3.22 bits per heavy atom. The lowest BCUT2D eigenvalue weighted by atomic mass is 10.1. The van der Waals surface area contributed by atoms with Gasteiger partial charge in [-0.2, -0.15) is 0 Å². The molecule has 0 saturated carbocycles. The number of ether oxygens (including phenoxy) is 1. The molecule has 5 nitrogen and oxygen atoms in total. The van der Waals surface area contributed by atoms with Gasteiger partial charge in [0.15, 0.2) is 0 Å². The molecular weight excluding hydrogens is 230 g/mol. The standard InChI is InChI=1S/C13H19N3O2/c1-14-13(17)12-8-11(5-7-16-12)18-9-10-4-2-3-6-15-10/h5,7-8,10,15H,2-4,6,9H2,1H3,(H,14,17). The first-order valence-corrected chi connectivity index (χ1v) is 6.34. The van der Waals surface area contributed by atoms with E-state index in [0.717, 1.165) is 13.0 Å². The van der Waals surface area contributed by atoms with Crippen molar-refractivity contribution in [1.82, 2.24) is 15.6 Å². The maximum atomic E-state index is 11.4. The fraction of sp³-hybridized carbons (Fsp3) is 0.538. The van der Waals surface area contributed by atoms with Gasteiger partial charge in [0.2, 0.25) is 0 Å². The number of hydrogen-bond acceptors (Lipinski definition) is 4. The average molecular weight is 249 g/mol. The van der Waals surface area contributed by atoms with E-state index in [0.29, 0.717) is 24.1 Å². The Kier molecular flexibility index (Phi) is 4.52. The van der Waals surface area contributed by atoms with E-state index >= 15 is 0 Å². The van der Waals surface area contributed by atoms with Gasteiger partial charge in [-0.05, 0) is 25.5 Å². The maximum absolute atomic E-state index is 11.4. The van der Waals surface area contributed by atoms with Gasteiger partial charge in [0.05, 0.1) is 0 Å². The third kappa shape index (κ3) is 3.43. The zero-order valence-corrected chi connectivity index (χ0v) is 10.6. The normalized spacial score (nSPS) is 19.3. The maximum Gasteiger partial charge on any atom is 0.269 e. The summed E-state index contributed by atoms with van der Waals surface area (Å²) in [6, 6.07) is 3.85. The molecule has 1 atom stereocenters.